The third kappa shape index (κ3) is 3.04. The molecule has 0 unspecified atom stereocenters. The molecule has 134 valence electrons. The lowest BCUT2D eigenvalue weighted by Gasteiger charge is -2.08. The Kier molecular flexibility index (Phi) is 4.57. The van der Waals surface area contributed by atoms with Gasteiger partial charge in [0.15, 0.2) is 11.5 Å². The molecule has 26 heavy (non-hydrogen) atoms. The summed E-state index contributed by atoms with van der Waals surface area (Å²) in [5.74, 6) is 0.900. The molecule has 1 aromatic heterocycles. The molecule has 2 aromatic carbocycles. The lowest BCUT2D eigenvalue weighted by Crippen LogP contribution is -2.07. The van der Waals surface area contributed by atoms with E-state index in [1.807, 2.05) is 18.2 Å². The third-order valence-electron chi connectivity index (χ3n) is 4.07. The maximum Gasteiger partial charge on any atom is 0.374 e. The zero-order valence-electron chi connectivity index (χ0n) is 13.9. The van der Waals surface area contributed by atoms with Crippen LogP contribution in [0.4, 0.5) is 0 Å². The van der Waals surface area contributed by atoms with Crippen LogP contribution in [-0.2, 0) is 22.7 Å². The van der Waals surface area contributed by atoms with E-state index >= 15 is 0 Å². The predicted octanol–water partition coefficient (Wildman–Crippen LogP) is 4.43. The molecule has 0 N–H and O–H groups in total. The van der Waals surface area contributed by atoms with Gasteiger partial charge in [-0.05, 0) is 18.2 Å². The van der Waals surface area contributed by atoms with Crippen LogP contribution in [0.2, 0.25) is 0 Å². The van der Waals surface area contributed by atoms with Crippen LogP contribution in [0.15, 0.2) is 45.3 Å². The molecule has 7 heteroatoms. The number of carbonyl (C=O) groups is 1. The predicted molar refractivity (Wildman–Crippen MR) is 96.3 cm³/mol. The molecule has 0 aliphatic carbocycles. The van der Waals surface area contributed by atoms with Crippen LogP contribution < -0.4 is 9.47 Å². The van der Waals surface area contributed by atoms with Gasteiger partial charge in [-0.15, -0.1) is 0 Å². The molecule has 0 saturated carbocycles. The number of carbonyl (C=O) groups excluding carboxylic acids is 1. The van der Waals surface area contributed by atoms with E-state index in [0.29, 0.717) is 22.6 Å². The van der Waals surface area contributed by atoms with Crippen LogP contribution in [0.5, 0.6) is 11.5 Å². The van der Waals surface area contributed by atoms with Gasteiger partial charge in [0.1, 0.15) is 12.2 Å². The van der Waals surface area contributed by atoms with Gasteiger partial charge in [-0.2, -0.15) is 0 Å². The van der Waals surface area contributed by atoms with Crippen LogP contribution in [0, 0.1) is 0 Å². The topological polar surface area (TPSA) is 67.1 Å². The number of hydrogen-bond donors (Lipinski definition) is 0. The monoisotopic (exact) mass is 418 g/mol. The first-order valence-electron chi connectivity index (χ1n) is 7.92. The summed E-state index contributed by atoms with van der Waals surface area (Å²) in [6.07, 6.45) is 0. The summed E-state index contributed by atoms with van der Waals surface area (Å²) in [4.78, 5) is 12.6. The van der Waals surface area contributed by atoms with E-state index < -0.39 is 5.97 Å². The number of halogens is 1. The molecule has 0 spiro atoms. The minimum atomic E-state index is -0.544. The van der Waals surface area contributed by atoms with Gasteiger partial charge in [0.05, 0.1) is 6.61 Å². The standard InChI is InChI=1S/C19H15BrO6/c1-22-9-13-12-4-2-3-5-15(12)26-18(13)19(21)23-8-11-6-16-17(7-14(11)20)25-10-24-16/h2-7H,8-10H2,1H3. The van der Waals surface area contributed by atoms with Gasteiger partial charge in [-0.3, -0.25) is 0 Å². The summed E-state index contributed by atoms with van der Waals surface area (Å²) in [7, 11) is 1.57. The second kappa shape index (κ2) is 7.01. The molecule has 1 aliphatic rings. The van der Waals surface area contributed by atoms with Crippen molar-refractivity contribution in [2.75, 3.05) is 13.9 Å². The van der Waals surface area contributed by atoms with Crippen LogP contribution in [0.25, 0.3) is 11.0 Å². The van der Waals surface area contributed by atoms with Gasteiger partial charge in [-0.1, -0.05) is 34.1 Å². The summed E-state index contributed by atoms with van der Waals surface area (Å²) >= 11 is 3.45. The van der Waals surface area contributed by atoms with Gasteiger partial charge in [0.25, 0.3) is 0 Å². The van der Waals surface area contributed by atoms with Crippen molar-refractivity contribution < 1.29 is 28.2 Å². The fourth-order valence-electron chi connectivity index (χ4n) is 2.83. The Morgan fingerprint density at radius 2 is 1.92 bits per heavy atom. The lowest BCUT2D eigenvalue weighted by atomic mass is 10.1. The number of esters is 1. The molecule has 1 aliphatic heterocycles. The molecule has 0 fully saturated rings. The van der Waals surface area contributed by atoms with E-state index in [1.54, 1.807) is 25.3 Å². The van der Waals surface area contributed by atoms with Crippen LogP contribution in [0.3, 0.4) is 0 Å². The molecule has 3 aromatic rings. The fourth-order valence-corrected chi connectivity index (χ4v) is 3.27. The molecule has 0 amide bonds. The van der Waals surface area contributed by atoms with Gasteiger partial charge in [0.2, 0.25) is 12.6 Å². The Bertz CT molecular complexity index is 978. The normalized spacial score (nSPS) is 12.5. The van der Waals surface area contributed by atoms with Crippen molar-refractivity contribution >= 4 is 32.9 Å². The Hall–Kier alpha value is -2.51. The first-order chi connectivity index (χ1) is 12.7. The summed E-state index contributed by atoms with van der Waals surface area (Å²) < 4.78 is 27.8. The zero-order chi connectivity index (χ0) is 18.1. The molecule has 0 saturated heterocycles. The summed E-state index contributed by atoms with van der Waals surface area (Å²) in [5.41, 5.74) is 2.07. The van der Waals surface area contributed by atoms with Crippen molar-refractivity contribution in [3.05, 3.63) is 57.8 Å². The first-order valence-corrected chi connectivity index (χ1v) is 8.71. The van der Waals surface area contributed by atoms with Crippen molar-refractivity contribution in [1.29, 1.82) is 0 Å². The number of rotatable bonds is 5. The van der Waals surface area contributed by atoms with Gasteiger partial charge in [-0.25, -0.2) is 4.79 Å². The molecule has 4 rings (SSSR count). The number of ether oxygens (including phenoxy) is 4. The molecule has 0 bridgehead atoms. The highest BCUT2D eigenvalue weighted by Crippen LogP contribution is 2.37. The van der Waals surface area contributed by atoms with Crippen LogP contribution in [0.1, 0.15) is 21.7 Å². The molecule has 2 heterocycles. The van der Waals surface area contributed by atoms with E-state index in [0.717, 1.165) is 15.4 Å². The number of hydrogen-bond acceptors (Lipinski definition) is 6. The van der Waals surface area contributed by atoms with E-state index in [1.165, 1.54) is 0 Å². The Morgan fingerprint density at radius 1 is 1.15 bits per heavy atom. The summed E-state index contributed by atoms with van der Waals surface area (Å²) in [5, 5.41) is 0.838. The zero-order valence-corrected chi connectivity index (χ0v) is 15.5. The molecule has 0 radical (unpaired) electrons. The molecular formula is C19H15BrO6. The third-order valence-corrected chi connectivity index (χ3v) is 4.81. The second-order valence-electron chi connectivity index (χ2n) is 5.71. The summed E-state index contributed by atoms with van der Waals surface area (Å²) in [6.45, 7) is 0.513. The number of methoxy groups -OCH3 is 1. The van der Waals surface area contributed by atoms with E-state index in [9.17, 15) is 4.79 Å². The summed E-state index contributed by atoms with van der Waals surface area (Å²) in [6, 6.07) is 11.0. The highest BCUT2D eigenvalue weighted by Gasteiger charge is 2.23. The number of para-hydroxylation sites is 1. The van der Waals surface area contributed by atoms with E-state index in [2.05, 4.69) is 15.9 Å². The maximum atomic E-state index is 12.6. The maximum absolute atomic E-state index is 12.6. The Labute approximate surface area is 157 Å². The minimum absolute atomic E-state index is 0.0690. The van der Waals surface area contributed by atoms with Crippen molar-refractivity contribution in [3.63, 3.8) is 0 Å². The minimum Gasteiger partial charge on any atom is -0.455 e. The highest BCUT2D eigenvalue weighted by molar-refractivity contribution is 9.10. The fraction of sp³-hybridized carbons (Fsp3) is 0.211. The number of furan rings is 1. The first kappa shape index (κ1) is 16.9. The lowest BCUT2D eigenvalue weighted by molar-refractivity contribution is 0.0431. The number of benzene rings is 2. The van der Waals surface area contributed by atoms with Crippen LogP contribution in [-0.4, -0.2) is 19.9 Å². The van der Waals surface area contributed by atoms with Crippen molar-refractivity contribution in [3.8, 4) is 11.5 Å². The van der Waals surface area contributed by atoms with Gasteiger partial charge >= 0.3 is 5.97 Å². The largest absolute Gasteiger partial charge is 0.455 e. The van der Waals surface area contributed by atoms with Crippen LogP contribution >= 0.6 is 15.9 Å². The van der Waals surface area contributed by atoms with Crippen molar-refractivity contribution in [2.24, 2.45) is 0 Å². The average molecular weight is 419 g/mol. The van der Waals surface area contributed by atoms with Crippen molar-refractivity contribution in [1.82, 2.24) is 0 Å². The second-order valence-corrected chi connectivity index (χ2v) is 6.57. The Morgan fingerprint density at radius 3 is 2.73 bits per heavy atom. The number of fused-ring (bicyclic) bond motifs is 2. The van der Waals surface area contributed by atoms with Gasteiger partial charge < -0.3 is 23.4 Å². The Balaban J connectivity index is 1.57. The molecular weight excluding hydrogens is 404 g/mol. The SMILES string of the molecule is COCc1c(C(=O)OCc2cc3c(cc2Br)OCO3)oc2ccccc12. The highest BCUT2D eigenvalue weighted by atomic mass is 79.9. The average Bonchev–Trinajstić information content (AvgIpc) is 3.24. The smallest absolute Gasteiger partial charge is 0.374 e. The van der Waals surface area contributed by atoms with E-state index in [4.69, 9.17) is 23.4 Å². The van der Waals surface area contributed by atoms with Gasteiger partial charge in [0, 0.05) is 28.1 Å². The van der Waals surface area contributed by atoms with E-state index in [-0.39, 0.29) is 25.8 Å². The van der Waals surface area contributed by atoms with Crippen molar-refractivity contribution in [2.45, 2.75) is 13.2 Å². The molecule has 0 atom stereocenters. The quantitative estimate of drug-likeness (QED) is 0.571. The molecule has 6 nitrogen and oxygen atoms in total.